The summed E-state index contributed by atoms with van der Waals surface area (Å²) < 4.78 is 5.74. The number of anilines is 2. The number of nitrogens with zero attached hydrogens (tertiary/aromatic N) is 1. The largest absolute Gasteiger partial charge is 0.444 e. The van der Waals surface area contributed by atoms with E-state index in [0.29, 0.717) is 15.9 Å². The fourth-order valence-electron chi connectivity index (χ4n) is 3.37. The van der Waals surface area contributed by atoms with Gasteiger partial charge in [0.2, 0.25) is 0 Å². The summed E-state index contributed by atoms with van der Waals surface area (Å²) in [5, 5.41) is 2.76. The van der Waals surface area contributed by atoms with E-state index in [1.54, 1.807) is 36.4 Å². The maximum absolute atomic E-state index is 13.1. The zero-order valence-electron chi connectivity index (χ0n) is 14.6. The minimum absolute atomic E-state index is 0.0794. The average molecular weight is 425 g/mol. The van der Waals surface area contributed by atoms with Crippen LogP contribution in [0.15, 0.2) is 69.8 Å². The van der Waals surface area contributed by atoms with Crippen LogP contribution in [-0.2, 0) is 6.42 Å². The zero-order chi connectivity index (χ0) is 19.0. The van der Waals surface area contributed by atoms with E-state index in [0.717, 1.165) is 12.1 Å². The minimum Gasteiger partial charge on any atom is -0.444 e. The smallest absolute Gasteiger partial charge is 0.291 e. The van der Waals surface area contributed by atoms with Gasteiger partial charge >= 0.3 is 0 Å². The summed E-state index contributed by atoms with van der Waals surface area (Å²) >= 11 is 3.18. The van der Waals surface area contributed by atoms with Gasteiger partial charge in [0, 0.05) is 23.0 Å². The fourth-order valence-corrected chi connectivity index (χ4v) is 3.68. The van der Waals surface area contributed by atoms with E-state index in [1.165, 1.54) is 5.56 Å². The number of hydrogen-bond acceptors (Lipinski definition) is 3. The van der Waals surface area contributed by atoms with Crippen molar-refractivity contribution in [3.05, 3.63) is 82.2 Å². The Bertz CT molecular complexity index is 1030. The lowest BCUT2D eigenvalue weighted by Crippen LogP contribution is -2.35. The maximum Gasteiger partial charge on any atom is 0.291 e. The van der Waals surface area contributed by atoms with E-state index in [9.17, 15) is 9.59 Å². The van der Waals surface area contributed by atoms with E-state index < -0.39 is 0 Å². The molecule has 1 aromatic heterocycles. The first kappa shape index (κ1) is 17.5. The predicted octanol–water partition coefficient (Wildman–Crippen LogP) is 4.89. The predicted molar refractivity (Wildman–Crippen MR) is 107 cm³/mol. The molecule has 2 amide bonds. The summed E-state index contributed by atoms with van der Waals surface area (Å²) in [6, 6.07) is 18.2. The molecular weight excluding hydrogens is 408 g/mol. The highest BCUT2D eigenvalue weighted by Crippen LogP contribution is 2.33. The fraction of sp³-hybridized carbons (Fsp3) is 0.143. The Labute approximate surface area is 165 Å². The van der Waals surface area contributed by atoms with Crippen molar-refractivity contribution < 1.29 is 14.0 Å². The molecule has 0 saturated heterocycles. The van der Waals surface area contributed by atoms with Crippen LogP contribution >= 0.6 is 15.9 Å². The van der Waals surface area contributed by atoms with Crippen LogP contribution in [0.25, 0.3) is 0 Å². The number of carbonyl (C=O) groups is 2. The quantitative estimate of drug-likeness (QED) is 0.650. The molecule has 1 aliphatic heterocycles. The molecule has 2 aromatic carbocycles. The van der Waals surface area contributed by atoms with Crippen molar-refractivity contribution in [3.63, 3.8) is 0 Å². The van der Waals surface area contributed by atoms with Crippen molar-refractivity contribution in [2.45, 2.75) is 19.4 Å². The first-order valence-electron chi connectivity index (χ1n) is 8.61. The van der Waals surface area contributed by atoms with Crippen LogP contribution < -0.4 is 10.2 Å². The molecule has 5 nitrogen and oxygen atoms in total. The van der Waals surface area contributed by atoms with E-state index in [4.69, 9.17) is 4.42 Å². The van der Waals surface area contributed by atoms with Gasteiger partial charge in [-0.05, 0) is 71.2 Å². The second-order valence-corrected chi connectivity index (χ2v) is 7.28. The molecule has 2 heterocycles. The number of para-hydroxylation sites is 1. The Morgan fingerprint density at radius 1 is 1.11 bits per heavy atom. The number of carbonyl (C=O) groups excluding carboxylic acids is 2. The van der Waals surface area contributed by atoms with Gasteiger partial charge in [0.05, 0.1) is 0 Å². The number of benzene rings is 2. The lowest BCUT2D eigenvalue weighted by atomic mass is 10.1. The summed E-state index contributed by atoms with van der Waals surface area (Å²) in [6.45, 7) is 2.04. The first-order chi connectivity index (χ1) is 13.0. The molecular formula is C21H17BrN2O3. The molecule has 6 heteroatoms. The standard InChI is InChI=1S/C21H17BrN2O3/c1-13-11-14-5-2-3-8-17(14)24(13)21(26)15-6-4-7-16(12-15)23-20(25)18-9-10-19(22)27-18/h2-10,12-13H,11H2,1H3,(H,23,25). The van der Waals surface area contributed by atoms with Crippen LogP contribution in [0, 0.1) is 0 Å². The van der Waals surface area contributed by atoms with Crippen molar-refractivity contribution in [1.29, 1.82) is 0 Å². The van der Waals surface area contributed by atoms with Gasteiger partial charge in [-0.3, -0.25) is 9.59 Å². The van der Waals surface area contributed by atoms with Gasteiger partial charge in [0.1, 0.15) is 0 Å². The highest BCUT2D eigenvalue weighted by atomic mass is 79.9. The normalized spacial score (nSPS) is 15.5. The summed E-state index contributed by atoms with van der Waals surface area (Å²) in [5.74, 6) is -0.254. The monoisotopic (exact) mass is 424 g/mol. The molecule has 0 spiro atoms. The van der Waals surface area contributed by atoms with Gasteiger partial charge in [-0.15, -0.1) is 0 Å². The Kier molecular flexibility index (Phi) is 4.58. The summed E-state index contributed by atoms with van der Waals surface area (Å²) in [7, 11) is 0. The second-order valence-electron chi connectivity index (χ2n) is 6.50. The van der Waals surface area contributed by atoms with E-state index in [-0.39, 0.29) is 23.6 Å². The lowest BCUT2D eigenvalue weighted by molar-refractivity contribution is 0.0976. The summed E-state index contributed by atoms with van der Waals surface area (Å²) in [6.07, 6.45) is 0.839. The van der Waals surface area contributed by atoms with Crippen LogP contribution in [-0.4, -0.2) is 17.9 Å². The SMILES string of the molecule is CC1Cc2ccccc2N1C(=O)c1cccc(NC(=O)c2ccc(Br)o2)c1. The first-order valence-corrected chi connectivity index (χ1v) is 9.40. The molecule has 3 aromatic rings. The number of furan rings is 1. The molecule has 0 fully saturated rings. The third-order valence-electron chi connectivity index (χ3n) is 4.59. The topological polar surface area (TPSA) is 62.6 Å². The van der Waals surface area contributed by atoms with Gasteiger partial charge in [-0.25, -0.2) is 0 Å². The highest BCUT2D eigenvalue weighted by Gasteiger charge is 2.31. The van der Waals surface area contributed by atoms with Crippen molar-refractivity contribution in [2.75, 3.05) is 10.2 Å². The number of hydrogen-bond donors (Lipinski definition) is 1. The Balaban J connectivity index is 1.57. The molecule has 0 saturated carbocycles. The van der Waals surface area contributed by atoms with Gasteiger partial charge in [-0.1, -0.05) is 24.3 Å². The molecule has 1 unspecified atom stereocenters. The molecule has 0 bridgehead atoms. The van der Waals surface area contributed by atoms with Gasteiger partial charge in [0.15, 0.2) is 10.4 Å². The van der Waals surface area contributed by atoms with Gasteiger partial charge in [0.25, 0.3) is 11.8 Å². The highest BCUT2D eigenvalue weighted by molar-refractivity contribution is 9.10. The number of amides is 2. The molecule has 136 valence electrons. The Hall–Kier alpha value is -2.86. The number of halogens is 1. The molecule has 1 aliphatic rings. The van der Waals surface area contributed by atoms with Crippen molar-refractivity contribution in [1.82, 2.24) is 0 Å². The number of rotatable bonds is 3. The van der Waals surface area contributed by atoms with E-state index >= 15 is 0 Å². The average Bonchev–Trinajstić information content (AvgIpc) is 3.24. The Morgan fingerprint density at radius 3 is 2.70 bits per heavy atom. The molecule has 4 rings (SSSR count). The third-order valence-corrected chi connectivity index (χ3v) is 5.02. The van der Waals surface area contributed by atoms with Crippen LogP contribution in [0.4, 0.5) is 11.4 Å². The van der Waals surface area contributed by atoms with Gasteiger partial charge < -0.3 is 14.6 Å². The summed E-state index contributed by atoms with van der Waals surface area (Å²) in [4.78, 5) is 27.2. The molecule has 1 atom stereocenters. The number of fused-ring (bicyclic) bond motifs is 1. The van der Waals surface area contributed by atoms with Gasteiger partial charge in [-0.2, -0.15) is 0 Å². The van der Waals surface area contributed by atoms with E-state index in [2.05, 4.69) is 27.3 Å². The summed E-state index contributed by atoms with van der Waals surface area (Å²) in [5.41, 5.74) is 3.19. The number of nitrogens with one attached hydrogen (secondary N) is 1. The third kappa shape index (κ3) is 3.40. The van der Waals surface area contributed by atoms with Crippen molar-refractivity contribution in [3.8, 4) is 0 Å². The van der Waals surface area contributed by atoms with Crippen molar-refractivity contribution >= 4 is 39.1 Å². The van der Waals surface area contributed by atoms with Crippen LogP contribution in [0.2, 0.25) is 0 Å². The molecule has 27 heavy (non-hydrogen) atoms. The molecule has 0 radical (unpaired) electrons. The Morgan fingerprint density at radius 2 is 1.93 bits per heavy atom. The minimum atomic E-state index is -0.370. The molecule has 0 aliphatic carbocycles. The lowest BCUT2D eigenvalue weighted by Gasteiger charge is -2.23. The van der Waals surface area contributed by atoms with Crippen LogP contribution in [0.3, 0.4) is 0 Å². The van der Waals surface area contributed by atoms with Crippen molar-refractivity contribution in [2.24, 2.45) is 0 Å². The maximum atomic E-state index is 13.1. The zero-order valence-corrected chi connectivity index (χ0v) is 16.2. The van der Waals surface area contributed by atoms with Crippen LogP contribution in [0.5, 0.6) is 0 Å². The van der Waals surface area contributed by atoms with E-state index in [1.807, 2.05) is 30.0 Å². The van der Waals surface area contributed by atoms with Crippen LogP contribution in [0.1, 0.15) is 33.4 Å². The molecule has 1 N–H and O–H groups in total. The second kappa shape index (κ2) is 7.04.